The summed E-state index contributed by atoms with van der Waals surface area (Å²) in [6.07, 6.45) is 2.60. The number of aryl methyl sites for hydroxylation is 1. The molecule has 2 heteroatoms. The Morgan fingerprint density at radius 2 is 1.86 bits per heavy atom. The normalized spacial score (nSPS) is 16.1. The van der Waals surface area contributed by atoms with E-state index in [1.165, 1.54) is 29.5 Å². The van der Waals surface area contributed by atoms with E-state index in [4.69, 9.17) is 5.73 Å². The average molecular weight is 280 g/mol. The summed E-state index contributed by atoms with van der Waals surface area (Å²) in [7, 11) is 0. The third kappa shape index (κ3) is 3.52. The highest BCUT2D eigenvalue weighted by Crippen LogP contribution is 2.35. The second-order valence-corrected chi connectivity index (χ2v) is 6.05. The van der Waals surface area contributed by atoms with Crippen molar-refractivity contribution < 1.29 is 0 Å². The highest BCUT2D eigenvalue weighted by atomic mass is 15.2. The van der Waals surface area contributed by atoms with Crippen LogP contribution in [0.4, 0.5) is 0 Å². The summed E-state index contributed by atoms with van der Waals surface area (Å²) in [5, 5.41) is 0. The molecule has 0 amide bonds. The van der Waals surface area contributed by atoms with E-state index in [1.807, 2.05) is 0 Å². The third-order valence-electron chi connectivity index (χ3n) is 4.27. The van der Waals surface area contributed by atoms with Crippen LogP contribution in [0.5, 0.6) is 0 Å². The van der Waals surface area contributed by atoms with Crippen LogP contribution >= 0.6 is 0 Å². The van der Waals surface area contributed by atoms with Gasteiger partial charge in [0.05, 0.1) is 0 Å². The molecule has 0 heterocycles. The minimum atomic E-state index is 0.317. The lowest BCUT2D eigenvalue weighted by Gasteiger charge is -2.31. The summed E-state index contributed by atoms with van der Waals surface area (Å²) < 4.78 is 0. The largest absolute Gasteiger partial charge is 0.329 e. The molecule has 1 unspecified atom stereocenters. The standard InChI is InChI=1S/C19H24N2/c1-15-6-5-9-17(12-15)19(13-20)21(18-10-11-18)14-16-7-3-2-4-8-16/h2-9,12,18-19H,10-11,13-14,20H2,1H3. The van der Waals surface area contributed by atoms with Gasteiger partial charge in [-0.05, 0) is 30.9 Å². The molecule has 0 aliphatic heterocycles. The minimum Gasteiger partial charge on any atom is -0.329 e. The lowest BCUT2D eigenvalue weighted by atomic mass is 10.0. The van der Waals surface area contributed by atoms with E-state index >= 15 is 0 Å². The SMILES string of the molecule is Cc1cccc(C(CN)N(Cc2ccccc2)C2CC2)c1. The summed E-state index contributed by atoms with van der Waals surface area (Å²) >= 11 is 0. The van der Waals surface area contributed by atoms with Gasteiger partial charge in [0.1, 0.15) is 0 Å². The van der Waals surface area contributed by atoms with Crippen molar-refractivity contribution in [2.24, 2.45) is 5.73 Å². The topological polar surface area (TPSA) is 29.3 Å². The Morgan fingerprint density at radius 3 is 2.48 bits per heavy atom. The first-order chi connectivity index (χ1) is 10.3. The Balaban J connectivity index is 1.84. The minimum absolute atomic E-state index is 0.317. The molecule has 0 spiro atoms. The Labute approximate surface area is 127 Å². The molecule has 1 fully saturated rings. The predicted octanol–water partition coefficient (Wildman–Crippen LogP) is 3.66. The zero-order chi connectivity index (χ0) is 14.7. The molecule has 0 bridgehead atoms. The van der Waals surface area contributed by atoms with E-state index in [1.54, 1.807) is 0 Å². The molecular weight excluding hydrogens is 256 g/mol. The molecule has 1 aliphatic rings. The number of hydrogen-bond donors (Lipinski definition) is 1. The summed E-state index contributed by atoms with van der Waals surface area (Å²) in [5.74, 6) is 0. The molecule has 0 aromatic heterocycles. The summed E-state index contributed by atoms with van der Waals surface area (Å²) in [6, 6.07) is 20.5. The fourth-order valence-electron chi connectivity index (χ4n) is 3.03. The maximum Gasteiger partial charge on any atom is 0.0477 e. The zero-order valence-electron chi connectivity index (χ0n) is 12.7. The maximum atomic E-state index is 6.13. The first-order valence-electron chi connectivity index (χ1n) is 7.84. The van der Waals surface area contributed by atoms with Crippen molar-refractivity contribution >= 4 is 0 Å². The molecule has 1 aliphatic carbocycles. The van der Waals surface area contributed by atoms with E-state index in [9.17, 15) is 0 Å². The third-order valence-corrected chi connectivity index (χ3v) is 4.27. The monoisotopic (exact) mass is 280 g/mol. The summed E-state index contributed by atoms with van der Waals surface area (Å²) in [5.41, 5.74) is 10.2. The van der Waals surface area contributed by atoms with Crippen molar-refractivity contribution in [3.05, 3.63) is 71.3 Å². The fourth-order valence-corrected chi connectivity index (χ4v) is 3.03. The highest BCUT2D eigenvalue weighted by Gasteiger charge is 2.34. The Hall–Kier alpha value is -1.64. The van der Waals surface area contributed by atoms with Gasteiger partial charge in [-0.15, -0.1) is 0 Å². The van der Waals surface area contributed by atoms with Gasteiger partial charge in [0.2, 0.25) is 0 Å². The van der Waals surface area contributed by atoms with Crippen LogP contribution < -0.4 is 5.73 Å². The van der Waals surface area contributed by atoms with Crippen LogP contribution in [0.15, 0.2) is 54.6 Å². The van der Waals surface area contributed by atoms with Gasteiger partial charge in [0, 0.05) is 25.2 Å². The van der Waals surface area contributed by atoms with Crippen molar-refractivity contribution in [1.29, 1.82) is 0 Å². The molecule has 110 valence electrons. The second kappa shape index (κ2) is 6.42. The van der Waals surface area contributed by atoms with E-state index < -0.39 is 0 Å². The average Bonchev–Trinajstić information content (AvgIpc) is 3.33. The lowest BCUT2D eigenvalue weighted by Crippen LogP contribution is -2.35. The molecule has 2 aromatic carbocycles. The Morgan fingerprint density at radius 1 is 1.10 bits per heavy atom. The van der Waals surface area contributed by atoms with Crippen molar-refractivity contribution in [3.63, 3.8) is 0 Å². The first kappa shape index (κ1) is 14.3. The number of hydrogen-bond acceptors (Lipinski definition) is 2. The van der Waals surface area contributed by atoms with Gasteiger partial charge in [-0.25, -0.2) is 0 Å². The van der Waals surface area contributed by atoms with Crippen LogP contribution in [0.2, 0.25) is 0 Å². The van der Waals surface area contributed by atoms with Gasteiger partial charge in [0.25, 0.3) is 0 Å². The van der Waals surface area contributed by atoms with Gasteiger partial charge < -0.3 is 5.73 Å². The molecular formula is C19H24N2. The quantitative estimate of drug-likeness (QED) is 0.875. The van der Waals surface area contributed by atoms with Crippen LogP contribution in [-0.2, 0) is 6.54 Å². The number of nitrogens with zero attached hydrogens (tertiary/aromatic N) is 1. The van der Waals surface area contributed by atoms with Crippen LogP contribution in [0.25, 0.3) is 0 Å². The molecule has 21 heavy (non-hydrogen) atoms. The van der Waals surface area contributed by atoms with Gasteiger partial charge in [-0.2, -0.15) is 0 Å². The molecule has 2 aromatic rings. The molecule has 2 N–H and O–H groups in total. The fraction of sp³-hybridized carbons (Fsp3) is 0.368. The molecule has 3 rings (SSSR count). The van der Waals surface area contributed by atoms with Crippen molar-refractivity contribution in [1.82, 2.24) is 4.90 Å². The molecule has 0 radical (unpaired) electrons. The van der Waals surface area contributed by atoms with Crippen LogP contribution in [-0.4, -0.2) is 17.5 Å². The van der Waals surface area contributed by atoms with E-state index in [2.05, 4.69) is 66.4 Å². The zero-order valence-corrected chi connectivity index (χ0v) is 12.7. The van der Waals surface area contributed by atoms with Crippen LogP contribution in [0, 0.1) is 6.92 Å². The summed E-state index contributed by atoms with van der Waals surface area (Å²) in [4.78, 5) is 2.59. The predicted molar refractivity (Wildman–Crippen MR) is 88.0 cm³/mol. The second-order valence-electron chi connectivity index (χ2n) is 6.05. The smallest absolute Gasteiger partial charge is 0.0477 e. The van der Waals surface area contributed by atoms with Gasteiger partial charge in [0.15, 0.2) is 0 Å². The molecule has 2 nitrogen and oxygen atoms in total. The number of benzene rings is 2. The van der Waals surface area contributed by atoms with Crippen LogP contribution in [0.3, 0.4) is 0 Å². The first-order valence-corrected chi connectivity index (χ1v) is 7.84. The van der Waals surface area contributed by atoms with E-state index in [-0.39, 0.29) is 0 Å². The number of rotatable bonds is 6. The number of nitrogens with two attached hydrogens (primary N) is 1. The molecule has 1 saturated carbocycles. The highest BCUT2D eigenvalue weighted by molar-refractivity contribution is 5.26. The molecule has 0 saturated heterocycles. The summed E-state index contributed by atoms with van der Waals surface area (Å²) in [6.45, 7) is 3.81. The van der Waals surface area contributed by atoms with E-state index in [0.29, 0.717) is 18.6 Å². The Bertz CT molecular complexity index is 575. The van der Waals surface area contributed by atoms with Gasteiger partial charge in [-0.3, -0.25) is 4.90 Å². The maximum absolute atomic E-state index is 6.13. The van der Waals surface area contributed by atoms with Gasteiger partial charge >= 0.3 is 0 Å². The van der Waals surface area contributed by atoms with Crippen molar-refractivity contribution in [3.8, 4) is 0 Å². The molecule has 1 atom stereocenters. The van der Waals surface area contributed by atoms with Gasteiger partial charge in [-0.1, -0.05) is 60.2 Å². The van der Waals surface area contributed by atoms with Crippen molar-refractivity contribution in [2.45, 2.75) is 38.4 Å². The van der Waals surface area contributed by atoms with Crippen molar-refractivity contribution in [2.75, 3.05) is 6.54 Å². The lowest BCUT2D eigenvalue weighted by molar-refractivity contribution is 0.182. The van der Waals surface area contributed by atoms with E-state index in [0.717, 1.165) is 6.54 Å². The van der Waals surface area contributed by atoms with Crippen LogP contribution in [0.1, 0.15) is 35.6 Å². The Kier molecular flexibility index (Phi) is 4.37.